The van der Waals surface area contributed by atoms with E-state index in [4.69, 9.17) is 5.73 Å². The summed E-state index contributed by atoms with van der Waals surface area (Å²) in [6.45, 7) is 0.709. The van der Waals surface area contributed by atoms with Gasteiger partial charge in [-0.25, -0.2) is 8.42 Å². The van der Waals surface area contributed by atoms with Gasteiger partial charge in [-0.3, -0.25) is 0 Å². The summed E-state index contributed by atoms with van der Waals surface area (Å²) in [5, 5.41) is 0. The van der Waals surface area contributed by atoms with Gasteiger partial charge in [0.05, 0.1) is 5.75 Å². The quantitative estimate of drug-likeness (QED) is 0.909. The van der Waals surface area contributed by atoms with Crippen molar-refractivity contribution in [2.75, 3.05) is 18.6 Å². The number of rotatable bonds is 5. The molecule has 2 aliphatic carbocycles. The topological polar surface area (TPSA) is 60.2 Å². The van der Waals surface area contributed by atoms with Crippen molar-refractivity contribution in [2.24, 2.45) is 5.73 Å². The highest BCUT2D eigenvalue weighted by Crippen LogP contribution is 2.49. The molecule has 116 valence electrons. The van der Waals surface area contributed by atoms with E-state index < -0.39 is 9.84 Å². The maximum absolute atomic E-state index is 11.6. The van der Waals surface area contributed by atoms with Gasteiger partial charge in [0.15, 0.2) is 0 Å². The molecule has 0 atom stereocenters. The lowest BCUT2D eigenvalue weighted by Gasteiger charge is -2.28. The minimum atomic E-state index is -2.93. The summed E-state index contributed by atoms with van der Waals surface area (Å²) in [5.41, 5.74) is 8.60. The highest BCUT2D eigenvalue weighted by Gasteiger charge is 2.46. The molecule has 2 fully saturated rings. The normalized spacial score (nSPS) is 23.1. The van der Waals surface area contributed by atoms with Gasteiger partial charge in [-0.15, -0.1) is 0 Å². The molecule has 3 nitrogen and oxygen atoms in total. The average molecular weight is 307 g/mol. The number of sulfone groups is 1. The lowest BCUT2D eigenvalue weighted by Crippen LogP contribution is -2.32. The molecule has 2 saturated carbocycles. The number of nitrogens with two attached hydrogens (primary N) is 1. The lowest BCUT2D eigenvalue weighted by molar-refractivity contribution is 0.453. The molecule has 4 heteroatoms. The Morgan fingerprint density at radius 2 is 1.43 bits per heavy atom. The first-order valence-electron chi connectivity index (χ1n) is 7.88. The summed E-state index contributed by atoms with van der Waals surface area (Å²) in [6, 6.07) is 8.66. The van der Waals surface area contributed by atoms with Crippen molar-refractivity contribution in [3.8, 4) is 0 Å². The van der Waals surface area contributed by atoms with Gasteiger partial charge in [-0.2, -0.15) is 0 Å². The van der Waals surface area contributed by atoms with Crippen molar-refractivity contribution >= 4 is 9.84 Å². The standard InChI is InChI=1S/C17H25NO2S/c1-21(19,20)13-17(10-11-17)15-6-4-14(5-7-15)16(12-18)8-2-3-9-16/h4-7H,2-3,8-13,18H2,1H3. The van der Waals surface area contributed by atoms with E-state index >= 15 is 0 Å². The van der Waals surface area contributed by atoms with Crippen molar-refractivity contribution in [2.45, 2.75) is 49.4 Å². The fourth-order valence-electron chi connectivity index (χ4n) is 4.01. The van der Waals surface area contributed by atoms with Crippen molar-refractivity contribution in [3.05, 3.63) is 35.4 Å². The van der Waals surface area contributed by atoms with Gasteiger partial charge in [-0.1, -0.05) is 37.1 Å². The molecule has 0 amide bonds. The maximum atomic E-state index is 11.6. The van der Waals surface area contributed by atoms with Crippen LogP contribution in [0, 0.1) is 0 Å². The molecule has 0 radical (unpaired) electrons. The Morgan fingerprint density at radius 1 is 0.952 bits per heavy atom. The Bertz CT molecular complexity index is 609. The molecule has 0 aromatic heterocycles. The van der Waals surface area contributed by atoms with E-state index in [9.17, 15) is 8.42 Å². The zero-order valence-corrected chi connectivity index (χ0v) is 13.6. The van der Waals surface area contributed by atoms with Gasteiger partial charge in [-0.05, 0) is 36.8 Å². The van der Waals surface area contributed by atoms with Gasteiger partial charge in [0.1, 0.15) is 9.84 Å². The Labute approximate surface area is 127 Å². The molecule has 2 N–H and O–H groups in total. The van der Waals surface area contributed by atoms with Crippen LogP contribution >= 0.6 is 0 Å². The fraction of sp³-hybridized carbons (Fsp3) is 0.647. The van der Waals surface area contributed by atoms with Gasteiger partial charge >= 0.3 is 0 Å². The molecule has 3 rings (SSSR count). The second-order valence-electron chi connectivity index (χ2n) is 7.12. The summed E-state index contributed by atoms with van der Waals surface area (Å²) in [7, 11) is -2.93. The zero-order valence-electron chi connectivity index (χ0n) is 12.8. The van der Waals surface area contributed by atoms with Crippen molar-refractivity contribution in [1.29, 1.82) is 0 Å². The largest absolute Gasteiger partial charge is 0.330 e. The molecule has 2 aliphatic rings. The van der Waals surface area contributed by atoms with Gasteiger partial charge in [0.2, 0.25) is 0 Å². The van der Waals surface area contributed by atoms with Gasteiger partial charge in [0, 0.05) is 23.6 Å². The first-order chi connectivity index (χ1) is 9.89. The van der Waals surface area contributed by atoms with Crippen LogP contribution in [0.25, 0.3) is 0 Å². The third kappa shape index (κ3) is 2.88. The first-order valence-corrected chi connectivity index (χ1v) is 9.94. The zero-order chi connectivity index (χ0) is 15.1. The number of hydrogen-bond donors (Lipinski definition) is 1. The lowest BCUT2D eigenvalue weighted by atomic mass is 9.78. The van der Waals surface area contributed by atoms with E-state index in [-0.39, 0.29) is 16.6 Å². The van der Waals surface area contributed by atoms with E-state index in [1.807, 2.05) is 0 Å². The van der Waals surface area contributed by atoms with Crippen molar-refractivity contribution in [3.63, 3.8) is 0 Å². The van der Waals surface area contributed by atoms with Crippen LogP contribution in [0.3, 0.4) is 0 Å². The Morgan fingerprint density at radius 3 is 1.81 bits per heavy atom. The Balaban J connectivity index is 1.85. The molecule has 0 aliphatic heterocycles. The molecule has 0 heterocycles. The highest BCUT2D eigenvalue weighted by atomic mass is 32.2. The molecule has 0 spiro atoms. The molecule has 21 heavy (non-hydrogen) atoms. The van der Waals surface area contributed by atoms with E-state index in [0.717, 1.165) is 12.8 Å². The minimum absolute atomic E-state index is 0.113. The summed E-state index contributed by atoms with van der Waals surface area (Å²) < 4.78 is 23.2. The van der Waals surface area contributed by atoms with Crippen LogP contribution in [0.2, 0.25) is 0 Å². The van der Waals surface area contributed by atoms with Crippen molar-refractivity contribution < 1.29 is 8.42 Å². The van der Waals surface area contributed by atoms with E-state index in [2.05, 4.69) is 24.3 Å². The molecule has 0 bridgehead atoms. The summed E-state index contributed by atoms with van der Waals surface area (Å²) >= 11 is 0. The highest BCUT2D eigenvalue weighted by molar-refractivity contribution is 7.90. The number of hydrogen-bond acceptors (Lipinski definition) is 3. The predicted molar refractivity (Wildman–Crippen MR) is 86.3 cm³/mol. The van der Waals surface area contributed by atoms with E-state index in [0.29, 0.717) is 6.54 Å². The third-order valence-electron chi connectivity index (χ3n) is 5.45. The SMILES string of the molecule is CS(=O)(=O)CC1(c2ccc(C3(CN)CCCC3)cc2)CC1. The van der Waals surface area contributed by atoms with Gasteiger partial charge in [0.25, 0.3) is 0 Å². The second-order valence-corrected chi connectivity index (χ2v) is 9.26. The van der Waals surface area contributed by atoms with Crippen LogP contribution in [0.1, 0.15) is 49.7 Å². The number of benzene rings is 1. The molecule has 1 aromatic carbocycles. The van der Waals surface area contributed by atoms with Crippen LogP contribution in [-0.4, -0.2) is 27.0 Å². The van der Waals surface area contributed by atoms with E-state index in [1.165, 1.54) is 43.1 Å². The average Bonchev–Trinajstić information content (AvgIpc) is 3.04. The first kappa shape index (κ1) is 15.0. The Kier molecular flexibility index (Phi) is 3.65. The summed E-state index contributed by atoms with van der Waals surface area (Å²) in [4.78, 5) is 0. The van der Waals surface area contributed by atoms with Crippen LogP contribution in [0.5, 0.6) is 0 Å². The maximum Gasteiger partial charge on any atom is 0.148 e. The van der Waals surface area contributed by atoms with Crippen LogP contribution in [0.4, 0.5) is 0 Å². The minimum Gasteiger partial charge on any atom is -0.330 e. The van der Waals surface area contributed by atoms with Crippen LogP contribution in [0.15, 0.2) is 24.3 Å². The van der Waals surface area contributed by atoms with Crippen molar-refractivity contribution in [1.82, 2.24) is 0 Å². The molecular weight excluding hydrogens is 282 g/mol. The smallest absolute Gasteiger partial charge is 0.148 e. The predicted octanol–water partition coefficient (Wildman–Crippen LogP) is 2.53. The second kappa shape index (κ2) is 5.10. The molecule has 0 saturated heterocycles. The molecular formula is C17H25NO2S. The summed E-state index contributed by atoms with van der Waals surface area (Å²) in [6.07, 6.45) is 8.19. The van der Waals surface area contributed by atoms with Crippen LogP contribution in [-0.2, 0) is 20.7 Å². The third-order valence-corrected chi connectivity index (χ3v) is 6.53. The monoisotopic (exact) mass is 307 g/mol. The fourth-order valence-corrected chi connectivity index (χ4v) is 5.47. The molecule has 1 aromatic rings. The van der Waals surface area contributed by atoms with E-state index in [1.54, 1.807) is 0 Å². The molecule has 0 unspecified atom stereocenters. The Hall–Kier alpha value is -0.870. The summed E-state index contributed by atoms with van der Waals surface area (Å²) in [5.74, 6) is 0.279. The van der Waals surface area contributed by atoms with Gasteiger partial charge < -0.3 is 5.73 Å². The van der Waals surface area contributed by atoms with Crippen LogP contribution < -0.4 is 5.73 Å².